The van der Waals surface area contributed by atoms with E-state index in [4.69, 9.17) is 0 Å². The van der Waals surface area contributed by atoms with Crippen molar-refractivity contribution in [2.75, 3.05) is 13.1 Å². The second-order valence-electron chi connectivity index (χ2n) is 5.48. The van der Waals surface area contributed by atoms with Crippen LogP contribution in [-0.2, 0) is 5.41 Å². The Hall–Kier alpha value is -0.340. The molecule has 100 valence electrons. The number of hydrogen-bond acceptors (Lipinski definition) is 1. The molecule has 0 saturated heterocycles. The average Bonchev–Trinajstić information content (AvgIpc) is 2.64. The molecule has 2 rings (SSSR count). The maximum absolute atomic E-state index is 3.59. The summed E-state index contributed by atoms with van der Waals surface area (Å²) >= 11 is 3.54. The zero-order chi connectivity index (χ0) is 12.8. The number of rotatable bonds is 4. The molecule has 0 aliphatic heterocycles. The molecule has 1 aromatic carbocycles. The molecule has 1 saturated carbocycles. The second kappa shape index (κ2) is 6.72. The molecular weight excluding hydrogens is 286 g/mol. The molecule has 1 nitrogen and oxygen atoms in total. The van der Waals surface area contributed by atoms with Gasteiger partial charge in [-0.15, -0.1) is 0 Å². The Bertz CT molecular complexity index is 350. The molecule has 1 aliphatic rings. The fourth-order valence-corrected chi connectivity index (χ4v) is 3.40. The van der Waals surface area contributed by atoms with E-state index in [9.17, 15) is 0 Å². The van der Waals surface area contributed by atoms with Crippen LogP contribution in [0.1, 0.15) is 51.0 Å². The molecule has 0 atom stereocenters. The number of hydrogen-bond donors (Lipinski definition) is 1. The Kier molecular flexibility index (Phi) is 5.25. The van der Waals surface area contributed by atoms with Gasteiger partial charge in [0.05, 0.1) is 0 Å². The van der Waals surface area contributed by atoms with Crippen LogP contribution in [-0.4, -0.2) is 13.1 Å². The van der Waals surface area contributed by atoms with Gasteiger partial charge in [-0.2, -0.15) is 0 Å². The van der Waals surface area contributed by atoms with Crippen molar-refractivity contribution in [3.8, 4) is 0 Å². The van der Waals surface area contributed by atoms with Crippen molar-refractivity contribution in [2.24, 2.45) is 0 Å². The summed E-state index contributed by atoms with van der Waals surface area (Å²) in [7, 11) is 0. The molecule has 0 aromatic heterocycles. The Morgan fingerprint density at radius 3 is 2.22 bits per heavy atom. The molecule has 1 aliphatic carbocycles. The van der Waals surface area contributed by atoms with E-state index in [0.717, 1.165) is 13.1 Å². The van der Waals surface area contributed by atoms with Gasteiger partial charge in [0.15, 0.2) is 0 Å². The number of likely N-dealkylation sites (N-methyl/N-ethyl adjacent to an activating group) is 1. The summed E-state index contributed by atoms with van der Waals surface area (Å²) in [6.45, 7) is 4.40. The quantitative estimate of drug-likeness (QED) is 0.798. The third kappa shape index (κ3) is 3.36. The van der Waals surface area contributed by atoms with Gasteiger partial charge in [0.1, 0.15) is 0 Å². The van der Waals surface area contributed by atoms with E-state index in [-0.39, 0.29) is 0 Å². The van der Waals surface area contributed by atoms with Crippen molar-refractivity contribution in [1.29, 1.82) is 0 Å². The predicted octanol–water partition coefficient (Wildman–Crippen LogP) is 4.65. The summed E-state index contributed by atoms with van der Waals surface area (Å²) in [5, 5.41) is 3.59. The SMILES string of the molecule is CCNCC1(c2ccc(Br)cc2)CCCCCC1. The van der Waals surface area contributed by atoms with Crippen LogP contribution >= 0.6 is 15.9 Å². The Morgan fingerprint density at radius 1 is 1.06 bits per heavy atom. The first-order chi connectivity index (χ1) is 8.77. The molecule has 0 amide bonds. The lowest BCUT2D eigenvalue weighted by atomic mass is 9.74. The van der Waals surface area contributed by atoms with Gasteiger partial charge in [0, 0.05) is 16.4 Å². The minimum atomic E-state index is 0.368. The highest BCUT2D eigenvalue weighted by Crippen LogP contribution is 2.38. The zero-order valence-corrected chi connectivity index (χ0v) is 12.9. The Labute approximate surface area is 119 Å². The standard InChI is InChI=1S/C16H24BrN/c1-2-18-13-16(11-5-3-4-6-12-16)14-7-9-15(17)10-8-14/h7-10,18H,2-6,11-13H2,1H3. The minimum absolute atomic E-state index is 0.368. The van der Waals surface area contributed by atoms with Gasteiger partial charge >= 0.3 is 0 Å². The fraction of sp³-hybridized carbons (Fsp3) is 0.625. The highest BCUT2D eigenvalue weighted by Gasteiger charge is 2.32. The number of nitrogens with one attached hydrogen (secondary N) is 1. The van der Waals surface area contributed by atoms with Gasteiger partial charge in [-0.1, -0.05) is 60.7 Å². The van der Waals surface area contributed by atoms with Gasteiger partial charge in [0.2, 0.25) is 0 Å². The summed E-state index contributed by atoms with van der Waals surface area (Å²) in [4.78, 5) is 0. The normalized spacial score (nSPS) is 19.4. The van der Waals surface area contributed by atoms with Crippen LogP contribution < -0.4 is 5.32 Å². The second-order valence-corrected chi connectivity index (χ2v) is 6.40. The van der Waals surface area contributed by atoms with Gasteiger partial charge in [-0.25, -0.2) is 0 Å². The van der Waals surface area contributed by atoms with Crippen LogP contribution in [0.25, 0.3) is 0 Å². The van der Waals surface area contributed by atoms with E-state index in [1.807, 2.05) is 0 Å². The summed E-state index contributed by atoms with van der Waals surface area (Å²) in [5.41, 5.74) is 1.89. The molecular formula is C16H24BrN. The number of halogens is 1. The van der Waals surface area contributed by atoms with Crippen LogP contribution in [0.2, 0.25) is 0 Å². The lowest BCUT2D eigenvalue weighted by Crippen LogP contribution is -2.37. The first-order valence-corrected chi connectivity index (χ1v) is 8.03. The predicted molar refractivity (Wildman–Crippen MR) is 82.1 cm³/mol. The van der Waals surface area contributed by atoms with Crippen LogP contribution in [0.4, 0.5) is 0 Å². The summed E-state index contributed by atoms with van der Waals surface area (Å²) < 4.78 is 1.18. The molecule has 0 heterocycles. The molecule has 0 radical (unpaired) electrons. The highest BCUT2D eigenvalue weighted by molar-refractivity contribution is 9.10. The smallest absolute Gasteiger partial charge is 0.0175 e. The van der Waals surface area contributed by atoms with Gasteiger partial charge in [-0.05, 0) is 37.1 Å². The van der Waals surface area contributed by atoms with Crippen molar-refractivity contribution in [3.05, 3.63) is 34.3 Å². The van der Waals surface area contributed by atoms with E-state index >= 15 is 0 Å². The van der Waals surface area contributed by atoms with Crippen molar-refractivity contribution in [1.82, 2.24) is 5.32 Å². The molecule has 0 bridgehead atoms. The Morgan fingerprint density at radius 2 is 1.67 bits per heavy atom. The lowest BCUT2D eigenvalue weighted by molar-refractivity contribution is 0.350. The fourth-order valence-electron chi connectivity index (χ4n) is 3.14. The summed E-state index contributed by atoms with van der Waals surface area (Å²) in [5.74, 6) is 0. The molecule has 0 unspecified atom stereocenters. The monoisotopic (exact) mass is 309 g/mol. The lowest BCUT2D eigenvalue weighted by Gasteiger charge is -2.34. The van der Waals surface area contributed by atoms with Crippen molar-refractivity contribution in [3.63, 3.8) is 0 Å². The first kappa shape index (κ1) is 14.1. The van der Waals surface area contributed by atoms with Gasteiger partial charge < -0.3 is 5.32 Å². The van der Waals surface area contributed by atoms with Crippen LogP contribution in [0.15, 0.2) is 28.7 Å². The van der Waals surface area contributed by atoms with E-state index in [1.165, 1.54) is 48.6 Å². The summed E-state index contributed by atoms with van der Waals surface area (Å²) in [6, 6.07) is 9.00. The van der Waals surface area contributed by atoms with Crippen LogP contribution in [0.3, 0.4) is 0 Å². The molecule has 1 aromatic rings. The third-order valence-electron chi connectivity index (χ3n) is 4.23. The molecule has 1 N–H and O–H groups in total. The first-order valence-electron chi connectivity index (χ1n) is 7.24. The molecule has 1 fully saturated rings. The molecule has 0 spiro atoms. The largest absolute Gasteiger partial charge is 0.316 e. The molecule has 2 heteroatoms. The van der Waals surface area contributed by atoms with Crippen molar-refractivity contribution in [2.45, 2.75) is 50.9 Å². The van der Waals surface area contributed by atoms with E-state index in [1.54, 1.807) is 0 Å². The topological polar surface area (TPSA) is 12.0 Å². The van der Waals surface area contributed by atoms with E-state index < -0.39 is 0 Å². The van der Waals surface area contributed by atoms with Gasteiger partial charge in [-0.3, -0.25) is 0 Å². The average molecular weight is 310 g/mol. The van der Waals surface area contributed by atoms with Crippen molar-refractivity contribution < 1.29 is 0 Å². The van der Waals surface area contributed by atoms with E-state index in [2.05, 4.69) is 52.4 Å². The zero-order valence-electron chi connectivity index (χ0n) is 11.3. The van der Waals surface area contributed by atoms with Crippen LogP contribution in [0.5, 0.6) is 0 Å². The number of benzene rings is 1. The van der Waals surface area contributed by atoms with E-state index in [0.29, 0.717) is 5.41 Å². The molecule has 18 heavy (non-hydrogen) atoms. The van der Waals surface area contributed by atoms with Gasteiger partial charge in [0.25, 0.3) is 0 Å². The maximum Gasteiger partial charge on any atom is 0.0175 e. The highest BCUT2D eigenvalue weighted by atomic mass is 79.9. The maximum atomic E-state index is 3.59. The third-order valence-corrected chi connectivity index (χ3v) is 4.76. The minimum Gasteiger partial charge on any atom is -0.316 e. The van der Waals surface area contributed by atoms with Crippen molar-refractivity contribution >= 4 is 15.9 Å². The summed E-state index contributed by atoms with van der Waals surface area (Å²) in [6.07, 6.45) is 8.24. The Balaban J connectivity index is 2.24. The van der Waals surface area contributed by atoms with Crippen LogP contribution in [0, 0.1) is 0 Å².